The molecule has 0 unspecified atom stereocenters. The van der Waals surface area contributed by atoms with Gasteiger partial charge in [-0.2, -0.15) is 5.10 Å². The number of fused-ring (bicyclic) bond motifs is 1. The molecule has 0 aliphatic heterocycles. The highest BCUT2D eigenvalue weighted by Crippen LogP contribution is 2.16. The fourth-order valence-corrected chi connectivity index (χ4v) is 2.41. The van der Waals surface area contributed by atoms with Crippen LogP contribution in [0.1, 0.15) is 13.0 Å². The number of rotatable bonds is 4. The molecule has 6 heteroatoms. The normalized spacial score (nSPS) is 11.9. The van der Waals surface area contributed by atoms with E-state index in [4.69, 9.17) is 4.74 Å². The van der Waals surface area contributed by atoms with Crippen molar-refractivity contribution in [3.05, 3.63) is 65.1 Å². The van der Waals surface area contributed by atoms with Gasteiger partial charge >= 0.3 is 0 Å². The molecule has 0 radical (unpaired) electrons. The highest BCUT2D eigenvalue weighted by atomic mass is 16.5. The number of carbonyl (C=O) groups is 1. The molecule has 0 spiro atoms. The Morgan fingerprint density at radius 2 is 1.88 bits per heavy atom. The number of methoxy groups -OCH3 is 1. The number of nitrogens with zero attached hydrogens (tertiary/aromatic N) is 2. The van der Waals surface area contributed by atoms with Crippen LogP contribution >= 0.6 is 0 Å². The molecule has 24 heavy (non-hydrogen) atoms. The SMILES string of the molecule is COc1ccc(NC(=O)[C@H](C)n2ncc3ccccc3c2=O)cc1. The minimum Gasteiger partial charge on any atom is -0.497 e. The van der Waals surface area contributed by atoms with E-state index in [-0.39, 0.29) is 11.5 Å². The lowest BCUT2D eigenvalue weighted by Gasteiger charge is -2.14. The second-order valence-corrected chi connectivity index (χ2v) is 5.38. The fourth-order valence-electron chi connectivity index (χ4n) is 2.41. The van der Waals surface area contributed by atoms with Crippen molar-refractivity contribution >= 4 is 22.4 Å². The maximum Gasteiger partial charge on any atom is 0.275 e. The van der Waals surface area contributed by atoms with Crippen LogP contribution in [0.5, 0.6) is 5.75 Å². The van der Waals surface area contributed by atoms with E-state index in [1.807, 2.05) is 12.1 Å². The number of hydrogen-bond acceptors (Lipinski definition) is 4. The van der Waals surface area contributed by atoms with Gasteiger partial charge in [0.25, 0.3) is 5.56 Å². The van der Waals surface area contributed by atoms with Gasteiger partial charge in [-0.3, -0.25) is 9.59 Å². The van der Waals surface area contributed by atoms with E-state index < -0.39 is 6.04 Å². The molecule has 1 N–H and O–H groups in total. The van der Waals surface area contributed by atoms with E-state index in [2.05, 4.69) is 10.4 Å². The number of carbonyl (C=O) groups excluding carboxylic acids is 1. The Morgan fingerprint density at radius 3 is 2.58 bits per heavy atom. The van der Waals surface area contributed by atoms with Gasteiger partial charge in [0.05, 0.1) is 18.7 Å². The molecular formula is C18H17N3O3. The van der Waals surface area contributed by atoms with Gasteiger partial charge in [-0.15, -0.1) is 0 Å². The van der Waals surface area contributed by atoms with Crippen LogP contribution in [0.4, 0.5) is 5.69 Å². The maximum atomic E-state index is 12.5. The predicted octanol–water partition coefficient (Wildman–Crippen LogP) is 2.60. The Bertz CT molecular complexity index is 932. The quantitative estimate of drug-likeness (QED) is 0.801. The van der Waals surface area contributed by atoms with E-state index in [1.165, 1.54) is 4.68 Å². The van der Waals surface area contributed by atoms with Crippen molar-refractivity contribution in [2.45, 2.75) is 13.0 Å². The van der Waals surface area contributed by atoms with Crippen LogP contribution in [0.15, 0.2) is 59.5 Å². The lowest BCUT2D eigenvalue weighted by molar-refractivity contribution is -0.119. The van der Waals surface area contributed by atoms with Gasteiger partial charge in [0.15, 0.2) is 0 Å². The van der Waals surface area contributed by atoms with Crippen LogP contribution in [-0.4, -0.2) is 22.8 Å². The summed E-state index contributed by atoms with van der Waals surface area (Å²) in [6.45, 7) is 1.64. The molecule has 1 atom stereocenters. The molecule has 0 saturated carbocycles. The molecule has 0 aliphatic carbocycles. The topological polar surface area (TPSA) is 73.2 Å². The zero-order valence-electron chi connectivity index (χ0n) is 13.4. The minimum absolute atomic E-state index is 0.287. The average molecular weight is 323 g/mol. The van der Waals surface area contributed by atoms with Crippen LogP contribution in [0, 0.1) is 0 Å². The third kappa shape index (κ3) is 2.99. The van der Waals surface area contributed by atoms with Crippen molar-refractivity contribution < 1.29 is 9.53 Å². The van der Waals surface area contributed by atoms with E-state index in [0.29, 0.717) is 16.8 Å². The molecule has 6 nitrogen and oxygen atoms in total. The van der Waals surface area contributed by atoms with Crippen molar-refractivity contribution in [2.24, 2.45) is 0 Å². The zero-order valence-corrected chi connectivity index (χ0v) is 13.4. The van der Waals surface area contributed by atoms with Crippen molar-refractivity contribution in [3.63, 3.8) is 0 Å². The second kappa shape index (κ2) is 6.54. The summed E-state index contributed by atoms with van der Waals surface area (Å²) in [5.41, 5.74) is 0.340. The third-order valence-electron chi connectivity index (χ3n) is 3.82. The van der Waals surface area contributed by atoms with E-state index in [0.717, 1.165) is 5.39 Å². The summed E-state index contributed by atoms with van der Waals surface area (Å²) < 4.78 is 6.28. The molecule has 1 amide bonds. The first kappa shape index (κ1) is 15.7. The number of aromatic nitrogens is 2. The van der Waals surface area contributed by atoms with Crippen LogP contribution in [0.25, 0.3) is 10.8 Å². The first-order chi connectivity index (χ1) is 11.6. The fraction of sp³-hybridized carbons (Fsp3) is 0.167. The van der Waals surface area contributed by atoms with Crippen LogP contribution < -0.4 is 15.6 Å². The van der Waals surface area contributed by atoms with Gasteiger partial charge in [-0.25, -0.2) is 4.68 Å². The molecule has 0 aliphatic rings. The predicted molar refractivity (Wildman–Crippen MR) is 92.3 cm³/mol. The summed E-state index contributed by atoms with van der Waals surface area (Å²) in [5, 5.41) is 8.18. The van der Waals surface area contributed by atoms with Crippen LogP contribution in [0.2, 0.25) is 0 Å². The van der Waals surface area contributed by atoms with Gasteiger partial charge in [-0.05, 0) is 37.3 Å². The van der Waals surface area contributed by atoms with Gasteiger partial charge in [-0.1, -0.05) is 18.2 Å². The van der Waals surface area contributed by atoms with Gasteiger partial charge < -0.3 is 10.1 Å². The molecule has 122 valence electrons. The van der Waals surface area contributed by atoms with Gasteiger partial charge in [0.1, 0.15) is 11.8 Å². The Labute approximate surface area is 138 Å². The highest BCUT2D eigenvalue weighted by molar-refractivity contribution is 5.93. The highest BCUT2D eigenvalue weighted by Gasteiger charge is 2.18. The summed E-state index contributed by atoms with van der Waals surface area (Å²) in [6, 6.07) is 13.4. The number of amides is 1. The van der Waals surface area contributed by atoms with Crippen LogP contribution in [0.3, 0.4) is 0 Å². The van der Waals surface area contributed by atoms with E-state index in [9.17, 15) is 9.59 Å². The smallest absolute Gasteiger partial charge is 0.275 e. The number of ether oxygens (including phenoxy) is 1. The Kier molecular flexibility index (Phi) is 4.29. The Morgan fingerprint density at radius 1 is 1.17 bits per heavy atom. The Hall–Kier alpha value is -3.15. The summed E-state index contributed by atoms with van der Waals surface area (Å²) in [6.07, 6.45) is 1.59. The average Bonchev–Trinajstić information content (AvgIpc) is 2.62. The first-order valence-corrected chi connectivity index (χ1v) is 7.51. The molecule has 2 aromatic carbocycles. The molecule has 1 aromatic heterocycles. The summed E-state index contributed by atoms with van der Waals surface area (Å²) >= 11 is 0. The molecule has 0 fully saturated rings. The minimum atomic E-state index is -0.732. The standard InChI is InChI=1S/C18H17N3O3/c1-12(17(22)20-14-7-9-15(24-2)10-8-14)21-18(23)16-6-4-3-5-13(16)11-19-21/h3-12H,1-2H3,(H,20,22)/t12-/m0/s1. The van der Waals surface area contributed by atoms with Crippen molar-refractivity contribution in [1.29, 1.82) is 0 Å². The maximum absolute atomic E-state index is 12.5. The number of anilines is 1. The van der Waals surface area contributed by atoms with Crippen LogP contribution in [-0.2, 0) is 4.79 Å². The largest absolute Gasteiger partial charge is 0.497 e. The lowest BCUT2D eigenvalue weighted by atomic mass is 10.2. The summed E-state index contributed by atoms with van der Waals surface area (Å²) in [4.78, 5) is 24.9. The molecule has 0 saturated heterocycles. The number of benzene rings is 2. The van der Waals surface area contributed by atoms with Gasteiger partial charge in [0, 0.05) is 11.1 Å². The molecular weight excluding hydrogens is 306 g/mol. The lowest BCUT2D eigenvalue weighted by Crippen LogP contribution is -2.33. The monoisotopic (exact) mass is 323 g/mol. The number of nitrogens with one attached hydrogen (secondary N) is 1. The molecule has 0 bridgehead atoms. The Balaban J connectivity index is 1.85. The molecule has 3 aromatic rings. The van der Waals surface area contributed by atoms with Gasteiger partial charge in [0.2, 0.25) is 5.91 Å². The van der Waals surface area contributed by atoms with E-state index >= 15 is 0 Å². The van der Waals surface area contributed by atoms with Crippen molar-refractivity contribution in [3.8, 4) is 5.75 Å². The van der Waals surface area contributed by atoms with Crippen molar-refractivity contribution in [2.75, 3.05) is 12.4 Å². The molecule has 1 heterocycles. The number of hydrogen-bond donors (Lipinski definition) is 1. The summed E-state index contributed by atoms with van der Waals surface area (Å²) in [5.74, 6) is 0.388. The molecule has 3 rings (SSSR count). The van der Waals surface area contributed by atoms with E-state index in [1.54, 1.807) is 56.6 Å². The first-order valence-electron chi connectivity index (χ1n) is 7.51. The zero-order chi connectivity index (χ0) is 17.1. The van der Waals surface area contributed by atoms with Crippen molar-refractivity contribution in [1.82, 2.24) is 9.78 Å². The third-order valence-corrected chi connectivity index (χ3v) is 3.82. The summed E-state index contributed by atoms with van der Waals surface area (Å²) in [7, 11) is 1.58. The second-order valence-electron chi connectivity index (χ2n) is 5.38.